The fourth-order valence-electron chi connectivity index (χ4n) is 5.13. The average Bonchev–Trinajstić information content (AvgIpc) is 3.43. The summed E-state index contributed by atoms with van der Waals surface area (Å²) in [5.74, 6) is -0.292. The number of hydrogen-bond donors (Lipinski definition) is 1. The van der Waals surface area contributed by atoms with Crippen LogP contribution in [0.2, 0.25) is 0 Å². The van der Waals surface area contributed by atoms with Crippen LogP contribution in [0, 0.1) is 24.2 Å². The molecule has 2 aliphatic heterocycles. The van der Waals surface area contributed by atoms with Crippen molar-refractivity contribution in [3.8, 4) is 0 Å². The Balaban J connectivity index is 1.70. The van der Waals surface area contributed by atoms with Gasteiger partial charge in [-0.2, -0.15) is 13.9 Å². The number of likely N-dealkylation sites (tertiary alicyclic amines) is 1. The summed E-state index contributed by atoms with van der Waals surface area (Å²) in [4.78, 5) is 19.3. The van der Waals surface area contributed by atoms with Gasteiger partial charge in [0, 0.05) is 44.7 Å². The van der Waals surface area contributed by atoms with Crippen LogP contribution in [0.5, 0.6) is 0 Å². The van der Waals surface area contributed by atoms with Crippen LogP contribution in [0.15, 0.2) is 23.4 Å². The second-order valence-electron chi connectivity index (χ2n) is 11.7. The van der Waals surface area contributed by atoms with Crippen LogP contribution in [0.1, 0.15) is 57.6 Å². The van der Waals surface area contributed by atoms with Crippen LogP contribution in [-0.2, 0) is 27.7 Å². The summed E-state index contributed by atoms with van der Waals surface area (Å²) in [6.45, 7) is 8.24. The number of Topliss-reactive ketones (excluding diaryl/α,β-unsaturated/α-hetero) is 1. The first kappa shape index (κ1) is 28.6. The van der Waals surface area contributed by atoms with Crippen LogP contribution in [0.25, 0.3) is 0 Å². The Morgan fingerprint density at radius 2 is 1.97 bits per heavy atom. The number of alkyl halides is 2. The first-order valence-electron chi connectivity index (χ1n) is 12.9. The third-order valence-corrected chi connectivity index (χ3v) is 9.63. The molecule has 0 spiro atoms. The van der Waals surface area contributed by atoms with E-state index in [0.717, 1.165) is 12.7 Å². The molecule has 1 fully saturated rings. The zero-order valence-electron chi connectivity index (χ0n) is 22.6. The number of rotatable bonds is 8. The Labute approximate surface area is 222 Å². The average molecular weight is 554 g/mol. The van der Waals surface area contributed by atoms with Crippen molar-refractivity contribution in [3.05, 3.63) is 35.4 Å². The lowest BCUT2D eigenvalue weighted by Gasteiger charge is -2.36. The zero-order valence-corrected chi connectivity index (χ0v) is 23.4. The van der Waals surface area contributed by atoms with Gasteiger partial charge in [-0.05, 0) is 42.7 Å². The Morgan fingerprint density at radius 1 is 1.26 bits per heavy atom. The highest BCUT2D eigenvalue weighted by molar-refractivity contribution is 7.92. The number of aliphatic hydroxyl groups excluding tert-OH is 1. The molecule has 2 aromatic heterocycles. The van der Waals surface area contributed by atoms with E-state index in [1.54, 1.807) is 12.3 Å². The minimum atomic E-state index is -4.26. The number of ketones is 1. The molecule has 3 atom stereocenters. The maximum Gasteiger partial charge on any atom is 0.333 e. The molecule has 4 rings (SSSR count). The fraction of sp³-hybridized carbons (Fsp3) is 0.654. The number of anilines is 1. The fourth-order valence-corrected chi connectivity index (χ4v) is 6.85. The largest absolute Gasteiger partial charge is 0.392 e. The number of pyridine rings is 1. The molecule has 0 radical (unpaired) electrons. The number of nitrogens with zero attached hydrogens (tertiary/aromatic N) is 5. The SMILES string of the molecule is Cc1nn(C(F)F)cc1S(=O)(=O)N1C[C@H](CN2CC[C@@H](O)C2)Cc2ncc(CC(=O)[C@@H](C)C(C)(C)C)cc21. The van der Waals surface area contributed by atoms with Gasteiger partial charge in [-0.3, -0.25) is 14.1 Å². The summed E-state index contributed by atoms with van der Waals surface area (Å²) in [5, 5.41) is 13.6. The van der Waals surface area contributed by atoms with Crippen molar-refractivity contribution >= 4 is 21.5 Å². The van der Waals surface area contributed by atoms with E-state index in [-0.39, 0.29) is 46.6 Å². The first-order chi connectivity index (χ1) is 17.7. The molecule has 0 unspecified atom stereocenters. The summed E-state index contributed by atoms with van der Waals surface area (Å²) in [6, 6.07) is 1.69. The van der Waals surface area contributed by atoms with Crippen LogP contribution in [0.4, 0.5) is 14.5 Å². The van der Waals surface area contributed by atoms with E-state index in [9.17, 15) is 27.1 Å². The summed E-state index contributed by atoms with van der Waals surface area (Å²) >= 11 is 0. The predicted molar refractivity (Wildman–Crippen MR) is 139 cm³/mol. The van der Waals surface area contributed by atoms with Gasteiger partial charge in [0.05, 0.1) is 29.4 Å². The lowest BCUT2D eigenvalue weighted by atomic mass is 9.78. The summed E-state index contributed by atoms with van der Waals surface area (Å²) in [6.07, 6.45) is 3.39. The number of aryl methyl sites for hydroxylation is 1. The molecule has 2 aromatic rings. The van der Waals surface area contributed by atoms with E-state index in [4.69, 9.17) is 0 Å². The number of carbonyl (C=O) groups excluding carboxylic acids is 1. The van der Waals surface area contributed by atoms with Crippen molar-refractivity contribution in [2.45, 2.75) is 71.4 Å². The molecule has 0 saturated carbocycles. The Morgan fingerprint density at radius 3 is 2.55 bits per heavy atom. The lowest BCUT2D eigenvalue weighted by molar-refractivity contribution is -0.124. The monoisotopic (exact) mass is 553 g/mol. The molecular formula is C26H37F2N5O4S. The molecule has 4 heterocycles. The number of halogens is 2. The molecule has 0 amide bonds. The van der Waals surface area contributed by atoms with E-state index >= 15 is 0 Å². The van der Waals surface area contributed by atoms with Gasteiger partial charge in [0.15, 0.2) is 0 Å². The highest BCUT2D eigenvalue weighted by Crippen LogP contribution is 2.36. The summed E-state index contributed by atoms with van der Waals surface area (Å²) < 4.78 is 56.0. The molecule has 12 heteroatoms. The van der Waals surface area contributed by atoms with Gasteiger partial charge < -0.3 is 10.0 Å². The number of aromatic nitrogens is 3. The smallest absolute Gasteiger partial charge is 0.333 e. The highest BCUT2D eigenvalue weighted by atomic mass is 32.2. The van der Waals surface area contributed by atoms with Crippen molar-refractivity contribution in [3.63, 3.8) is 0 Å². The molecule has 0 aliphatic carbocycles. The van der Waals surface area contributed by atoms with Gasteiger partial charge in [0.2, 0.25) is 0 Å². The third-order valence-electron chi connectivity index (χ3n) is 7.74. The maximum absolute atomic E-state index is 13.9. The molecule has 1 saturated heterocycles. The van der Waals surface area contributed by atoms with E-state index in [1.807, 2.05) is 27.7 Å². The van der Waals surface area contributed by atoms with Gasteiger partial charge in [-0.25, -0.2) is 13.1 Å². The number of aliphatic hydroxyl groups is 1. The number of β-amino-alcohol motifs (C(OH)–C–C–N with tert-alkyl or cyclic N) is 1. The van der Waals surface area contributed by atoms with Crippen molar-refractivity contribution in [1.82, 2.24) is 19.7 Å². The Kier molecular flexibility index (Phi) is 7.98. The van der Waals surface area contributed by atoms with Crippen molar-refractivity contribution in [1.29, 1.82) is 0 Å². The van der Waals surface area contributed by atoms with Crippen LogP contribution >= 0.6 is 0 Å². The topological polar surface area (TPSA) is 109 Å². The normalized spacial score (nSPS) is 21.7. The van der Waals surface area contributed by atoms with E-state index in [1.165, 1.54) is 11.2 Å². The highest BCUT2D eigenvalue weighted by Gasteiger charge is 2.38. The molecule has 210 valence electrons. The Bertz CT molecular complexity index is 1290. The standard InChI is InChI=1S/C26H37F2N5O4S/c1-16(26(3,4)5)23(35)10-18-9-22-21(29-11-18)8-19(12-31-7-6-20(34)14-31)13-33(22)38(36,37)24-15-32(25(27)28)30-17(24)2/h9,11,15-16,19-20,25,34H,6-8,10,12-14H2,1-5H3/t16-,19+,20-/m1/s1. The number of fused-ring (bicyclic) bond motifs is 1. The Hall–Kier alpha value is -2.44. The molecule has 9 nitrogen and oxygen atoms in total. The molecule has 2 aliphatic rings. The minimum absolute atomic E-state index is 0.0186. The zero-order chi connectivity index (χ0) is 28.0. The van der Waals surface area contributed by atoms with Gasteiger partial charge >= 0.3 is 6.55 Å². The maximum atomic E-state index is 13.9. The van der Waals surface area contributed by atoms with Gasteiger partial charge in [0.1, 0.15) is 10.7 Å². The van der Waals surface area contributed by atoms with Crippen LogP contribution < -0.4 is 4.31 Å². The second kappa shape index (κ2) is 10.6. The molecular weight excluding hydrogens is 516 g/mol. The quantitative estimate of drug-likeness (QED) is 0.535. The first-order valence-corrected chi connectivity index (χ1v) is 14.4. The summed E-state index contributed by atoms with van der Waals surface area (Å²) in [7, 11) is -4.26. The second-order valence-corrected chi connectivity index (χ2v) is 13.5. The molecule has 38 heavy (non-hydrogen) atoms. The minimum Gasteiger partial charge on any atom is -0.392 e. The van der Waals surface area contributed by atoms with Gasteiger partial charge in [-0.1, -0.05) is 27.7 Å². The molecule has 0 bridgehead atoms. The number of sulfonamides is 1. The van der Waals surface area contributed by atoms with Crippen LogP contribution in [0.3, 0.4) is 0 Å². The third kappa shape index (κ3) is 5.91. The number of hydrogen-bond acceptors (Lipinski definition) is 7. The summed E-state index contributed by atoms with van der Waals surface area (Å²) in [5.41, 5.74) is 1.30. The van der Waals surface area contributed by atoms with E-state index < -0.39 is 22.7 Å². The van der Waals surface area contributed by atoms with Gasteiger partial charge in [-0.15, -0.1) is 0 Å². The van der Waals surface area contributed by atoms with Crippen molar-refractivity contribution < 1.29 is 27.1 Å². The lowest BCUT2D eigenvalue weighted by Crippen LogP contribution is -2.44. The van der Waals surface area contributed by atoms with Gasteiger partial charge in [0.25, 0.3) is 10.0 Å². The van der Waals surface area contributed by atoms with Crippen molar-refractivity contribution in [2.75, 3.05) is 30.5 Å². The van der Waals surface area contributed by atoms with Crippen molar-refractivity contribution in [2.24, 2.45) is 17.3 Å². The molecule has 1 N–H and O–H groups in total. The predicted octanol–water partition coefficient (Wildman–Crippen LogP) is 3.21. The number of carbonyl (C=O) groups is 1. The van der Waals surface area contributed by atoms with Crippen LogP contribution in [-0.4, -0.2) is 71.3 Å². The molecule has 0 aromatic carbocycles. The van der Waals surface area contributed by atoms with E-state index in [0.29, 0.717) is 47.6 Å². The van der Waals surface area contributed by atoms with E-state index in [2.05, 4.69) is 15.0 Å².